The molecule has 2 aliphatic heterocycles. The lowest BCUT2D eigenvalue weighted by atomic mass is 10.3. The maximum Gasteiger partial charge on any atom is 0.266 e. The summed E-state index contributed by atoms with van der Waals surface area (Å²) in [5.74, 6) is 1.11. The Bertz CT molecular complexity index is 648. The van der Waals surface area contributed by atoms with Crippen LogP contribution in [-0.4, -0.2) is 30.8 Å². The molecule has 0 fully saturated rings. The van der Waals surface area contributed by atoms with Crippen LogP contribution >= 0.6 is 11.8 Å². The van der Waals surface area contributed by atoms with Crippen LogP contribution in [0.3, 0.4) is 0 Å². The van der Waals surface area contributed by atoms with Crippen LogP contribution in [-0.2, 0) is 9.84 Å². The number of hydrogen-bond acceptors (Lipinski definition) is 4. The van der Waals surface area contributed by atoms with Crippen molar-refractivity contribution in [3.63, 3.8) is 0 Å². The molecule has 0 atom stereocenters. The molecule has 3 rings (SSSR count). The zero-order valence-electron chi connectivity index (χ0n) is 9.67. The number of thioether (sulfide) groups is 1. The molecule has 0 saturated heterocycles. The van der Waals surface area contributed by atoms with Gasteiger partial charge < -0.3 is 0 Å². The standard InChI is InChI=1S/C12H12N2O2S2/c15-18(16)6-5-9(8-18)7-17-12-13-10-3-1-2-4-11(10)14-12/h1-5H,6-8H2,(H,13,14)/p+1. The average Bonchev–Trinajstić information content (AvgIpc) is 2.89. The van der Waals surface area contributed by atoms with Crippen molar-refractivity contribution in [3.05, 3.63) is 35.9 Å². The van der Waals surface area contributed by atoms with Gasteiger partial charge in [-0.1, -0.05) is 18.2 Å². The third-order valence-corrected chi connectivity index (χ3v) is 5.39. The minimum Gasteiger partial charge on any atom is -0.257 e. The van der Waals surface area contributed by atoms with Gasteiger partial charge in [-0.15, -0.1) is 0 Å². The van der Waals surface area contributed by atoms with Crippen molar-refractivity contribution in [3.8, 4) is 0 Å². The van der Waals surface area contributed by atoms with E-state index in [0.29, 0.717) is 5.75 Å². The van der Waals surface area contributed by atoms with Crippen molar-refractivity contribution < 1.29 is 13.7 Å². The molecule has 1 aromatic carbocycles. The number of sulfone groups is 1. The van der Waals surface area contributed by atoms with Crippen LogP contribution in [0.25, 0.3) is 0 Å². The van der Waals surface area contributed by atoms with E-state index in [1.54, 1.807) is 11.8 Å². The lowest BCUT2D eigenvalue weighted by molar-refractivity contribution is -0.432. The van der Waals surface area contributed by atoms with Crippen molar-refractivity contribution in [2.75, 3.05) is 17.3 Å². The maximum absolute atomic E-state index is 11.3. The van der Waals surface area contributed by atoms with Crippen molar-refractivity contribution >= 4 is 38.1 Å². The molecule has 2 heterocycles. The summed E-state index contributed by atoms with van der Waals surface area (Å²) in [6, 6.07) is 7.98. The molecule has 0 spiro atoms. The highest BCUT2D eigenvalue weighted by Gasteiger charge is 2.23. The fraction of sp³-hybridized carbons (Fsp3) is 0.250. The molecule has 0 saturated carbocycles. The molecule has 1 aromatic rings. The van der Waals surface area contributed by atoms with E-state index >= 15 is 0 Å². The number of benzene rings is 1. The van der Waals surface area contributed by atoms with Gasteiger partial charge in [0.1, 0.15) is 5.69 Å². The van der Waals surface area contributed by atoms with Gasteiger partial charge >= 0.3 is 0 Å². The zero-order chi connectivity index (χ0) is 12.6. The maximum atomic E-state index is 11.3. The highest BCUT2D eigenvalue weighted by Crippen LogP contribution is 2.26. The Labute approximate surface area is 110 Å². The summed E-state index contributed by atoms with van der Waals surface area (Å²) in [5, 5.41) is 3.01. The molecule has 4 nitrogen and oxygen atoms in total. The second kappa shape index (κ2) is 4.53. The third-order valence-electron chi connectivity index (χ3n) is 2.88. The first kappa shape index (κ1) is 12.0. The highest BCUT2D eigenvalue weighted by molar-refractivity contribution is 8.13. The molecule has 94 valence electrons. The predicted octanol–water partition coefficient (Wildman–Crippen LogP) is 0.971. The molecule has 0 amide bonds. The first-order chi connectivity index (χ1) is 8.62. The van der Waals surface area contributed by atoms with E-state index < -0.39 is 9.84 Å². The molecule has 6 heteroatoms. The molecule has 2 N–H and O–H groups in total. The number of para-hydroxylation sites is 2. The van der Waals surface area contributed by atoms with Gasteiger partial charge in [0.2, 0.25) is 0 Å². The molecule has 0 radical (unpaired) electrons. The van der Waals surface area contributed by atoms with E-state index in [1.807, 2.05) is 35.7 Å². The van der Waals surface area contributed by atoms with Crippen LogP contribution < -0.4 is 5.32 Å². The van der Waals surface area contributed by atoms with Crippen molar-refractivity contribution in [1.82, 2.24) is 0 Å². The summed E-state index contributed by atoms with van der Waals surface area (Å²) in [6.07, 6.45) is 1.82. The molecule has 0 unspecified atom stereocenters. The van der Waals surface area contributed by atoms with Gasteiger partial charge in [-0.3, -0.25) is 5.32 Å². The first-order valence-corrected chi connectivity index (χ1v) is 8.47. The second-order valence-electron chi connectivity index (χ2n) is 4.36. The van der Waals surface area contributed by atoms with Crippen molar-refractivity contribution in [2.24, 2.45) is 4.99 Å². The normalized spacial score (nSPS) is 20.4. The van der Waals surface area contributed by atoms with E-state index in [0.717, 1.165) is 22.1 Å². The molecule has 0 bridgehead atoms. The van der Waals surface area contributed by atoms with E-state index in [-0.39, 0.29) is 11.5 Å². The molecule has 0 aromatic heterocycles. The largest absolute Gasteiger partial charge is 0.266 e. The molecule has 0 aliphatic carbocycles. The number of fused-ring (bicyclic) bond motifs is 1. The summed E-state index contributed by atoms with van der Waals surface area (Å²) in [7, 11) is -2.85. The van der Waals surface area contributed by atoms with Gasteiger partial charge in [-0.05, 0) is 23.4 Å². The number of nitrogens with two attached hydrogens (primary N) is 1. The summed E-state index contributed by atoms with van der Waals surface area (Å²) >= 11 is 1.60. The Hall–Kier alpha value is -1.11. The summed E-state index contributed by atoms with van der Waals surface area (Å²) < 4.78 is 22.6. The minimum atomic E-state index is -2.85. The van der Waals surface area contributed by atoms with E-state index in [4.69, 9.17) is 0 Å². The zero-order valence-corrected chi connectivity index (χ0v) is 11.3. The van der Waals surface area contributed by atoms with Crippen molar-refractivity contribution in [2.45, 2.75) is 0 Å². The van der Waals surface area contributed by atoms with Gasteiger partial charge in [-0.2, -0.15) is 4.99 Å². The van der Waals surface area contributed by atoms with Crippen LogP contribution in [0.4, 0.5) is 11.4 Å². The Morgan fingerprint density at radius 3 is 2.89 bits per heavy atom. The average molecular weight is 281 g/mol. The quantitative estimate of drug-likeness (QED) is 0.649. The predicted molar refractivity (Wildman–Crippen MR) is 74.3 cm³/mol. The molecular weight excluding hydrogens is 268 g/mol. The lowest BCUT2D eigenvalue weighted by Gasteiger charge is -1.98. The van der Waals surface area contributed by atoms with E-state index in [1.165, 1.54) is 0 Å². The smallest absolute Gasteiger partial charge is 0.257 e. The Kier molecular flexibility index (Phi) is 3.01. The number of hydrogen-bond donors (Lipinski definition) is 1. The van der Waals surface area contributed by atoms with Gasteiger partial charge in [0.25, 0.3) is 5.17 Å². The Balaban J connectivity index is 1.61. The third kappa shape index (κ3) is 2.50. The highest BCUT2D eigenvalue weighted by atomic mass is 32.2. The SMILES string of the molecule is O=S1(=O)CC=C(CSC2=Nc3ccccc3[NH2+]2)C1. The molecular formula is C12H13N2O2S2+. The fourth-order valence-corrected chi connectivity index (χ4v) is 4.43. The summed E-state index contributed by atoms with van der Waals surface area (Å²) in [5.41, 5.74) is 3.12. The fourth-order valence-electron chi connectivity index (χ4n) is 1.98. The Morgan fingerprint density at radius 2 is 2.17 bits per heavy atom. The van der Waals surface area contributed by atoms with E-state index in [2.05, 4.69) is 4.99 Å². The summed E-state index contributed by atoms with van der Waals surface area (Å²) in [4.78, 5) is 4.50. The van der Waals surface area contributed by atoms with Crippen molar-refractivity contribution in [1.29, 1.82) is 0 Å². The van der Waals surface area contributed by atoms with Crippen LogP contribution in [0.2, 0.25) is 0 Å². The number of amidine groups is 1. The second-order valence-corrected chi connectivity index (χ2v) is 7.46. The number of aliphatic imine (C=N–C) groups is 1. The van der Waals surface area contributed by atoms with E-state index in [9.17, 15) is 8.42 Å². The molecule has 18 heavy (non-hydrogen) atoms. The topological polar surface area (TPSA) is 63.1 Å². The number of nitrogens with zero attached hydrogens (tertiary/aromatic N) is 1. The first-order valence-electron chi connectivity index (χ1n) is 5.66. The van der Waals surface area contributed by atoms with Crippen LogP contribution in [0.15, 0.2) is 40.9 Å². The number of rotatable bonds is 2. The minimum absolute atomic E-state index is 0.194. The monoisotopic (exact) mass is 281 g/mol. The molecule has 2 aliphatic rings. The van der Waals surface area contributed by atoms with Gasteiger partial charge in [0.15, 0.2) is 15.5 Å². The van der Waals surface area contributed by atoms with Gasteiger partial charge in [-0.25, -0.2) is 8.42 Å². The lowest BCUT2D eigenvalue weighted by Crippen LogP contribution is -2.79. The van der Waals surface area contributed by atoms with Crippen LogP contribution in [0.5, 0.6) is 0 Å². The number of quaternary nitrogens is 1. The van der Waals surface area contributed by atoms with Crippen LogP contribution in [0, 0.1) is 0 Å². The van der Waals surface area contributed by atoms with Crippen LogP contribution in [0.1, 0.15) is 0 Å². The Morgan fingerprint density at radius 1 is 1.33 bits per heavy atom. The van der Waals surface area contributed by atoms with Gasteiger partial charge in [0, 0.05) is 11.8 Å². The van der Waals surface area contributed by atoms with Gasteiger partial charge in [0.05, 0.1) is 11.5 Å². The summed E-state index contributed by atoms with van der Waals surface area (Å²) in [6.45, 7) is 0.